The number of unbranched alkanes of at least 4 members (excludes halogenated alkanes) is 60. The van der Waals surface area contributed by atoms with Crippen molar-refractivity contribution in [2.24, 2.45) is 0 Å². The standard InChI is InChI=1S/C85H166O17P2/c1-5-9-13-17-21-25-28-31-34-36-38-39-41-43-46-49-52-56-60-64-68-72-85(90)102-81(76-96-83(88)70-66-62-58-54-50-47-45-42-40-37-35-32-29-26-22-18-14-10-6-2)78-100-104(93,94)98-74-79(86)73-97-103(91,92)99-77-80(75-95-82(87)69-65-61-57-53-24-20-16-12-8-4)101-84(89)71-67-63-59-55-51-48-44-33-30-27-23-19-15-11-7-3/h79-81,86H,5-78H2,1-4H3,(H,91,92)(H,93,94)/t79-,80+,81+/m0/s1. The number of hydrogen-bond donors (Lipinski definition) is 3. The molecule has 0 rings (SSSR count). The van der Waals surface area contributed by atoms with Crippen molar-refractivity contribution in [3.8, 4) is 0 Å². The van der Waals surface area contributed by atoms with Crippen molar-refractivity contribution in [2.75, 3.05) is 39.6 Å². The van der Waals surface area contributed by atoms with Gasteiger partial charge in [-0.05, 0) is 25.7 Å². The summed E-state index contributed by atoms with van der Waals surface area (Å²) in [6.07, 6.45) is 73.7. The highest BCUT2D eigenvalue weighted by molar-refractivity contribution is 7.47. The third-order valence-electron chi connectivity index (χ3n) is 20.1. The van der Waals surface area contributed by atoms with E-state index in [9.17, 15) is 43.2 Å². The Balaban J connectivity index is 5.20. The molecule has 0 aromatic heterocycles. The van der Waals surface area contributed by atoms with Crippen LogP contribution in [0.5, 0.6) is 0 Å². The van der Waals surface area contributed by atoms with Crippen molar-refractivity contribution in [2.45, 2.75) is 483 Å². The van der Waals surface area contributed by atoms with Gasteiger partial charge in [0.25, 0.3) is 0 Å². The van der Waals surface area contributed by atoms with Crippen molar-refractivity contribution in [3.63, 3.8) is 0 Å². The van der Waals surface area contributed by atoms with Gasteiger partial charge in [0.15, 0.2) is 12.2 Å². The summed E-state index contributed by atoms with van der Waals surface area (Å²) < 4.78 is 68.8. The monoisotopic (exact) mass is 1520 g/mol. The van der Waals surface area contributed by atoms with E-state index in [-0.39, 0.29) is 25.7 Å². The van der Waals surface area contributed by atoms with Gasteiger partial charge in [-0.1, -0.05) is 413 Å². The summed E-state index contributed by atoms with van der Waals surface area (Å²) in [5, 5.41) is 10.7. The number of rotatable bonds is 86. The van der Waals surface area contributed by atoms with E-state index in [1.54, 1.807) is 0 Å². The first-order valence-electron chi connectivity index (χ1n) is 44.3. The highest BCUT2D eigenvalue weighted by atomic mass is 31.2. The normalized spacial score (nSPS) is 13.7. The van der Waals surface area contributed by atoms with Crippen LogP contribution < -0.4 is 0 Å². The molecule has 618 valence electrons. The molecule has 0 saturated carbocycles. The maximum Gasteiger partial charge on any atom is 0.472 e. The summed E-state index contributed by atoms with van der Waals surface area (Å²) in [6.45, 7) is 5.04. The second-order valence-corrected chi connectivity index (χ2v) is 33.5. The molecule has 0 aliphatic carbocycles. The molecular weight excluding hydrogens is 1350 g/mol. The minimum atomic E-state index is -4.96. The number of aliphatic hydroxyl groups excluding tert-OH is 1. The number of carbonyl (C=O) groups is 4. The average molecular weight is 1520 g/mol. The molecule has 2 unspecified atom stereocenters. The lowest BCUT2D eigenvalue weighted by molar-refractivity contribution is -0.161. The molecule has 0 fully saturated rings. The van der Waals surface area contributed by atoms with Gasteiger partial charge < -0.3 is 33.8 Å². The highest BCUT2D eigenvalue weighted by Gasteiger charge is 2.30. The lowest BCUT2D eigenvalue weighted by Crippen LogP contribution is -2.30. The largest absolute Gasteiger partial charge is 0.472 e. The van der Waals surface area contributed by atoms with Crippen molar-refractivity contribution < 1.29 is 80.2 Å². The third kappa shape index (κ3) is 78.2. The van der Waals surface area contributed by atoms with Gasteiger partial charge >= 0.3 is 39.5 Å². The first-order chi connectivity index (χ1) is 50.7. The van der Waals surface area contributed by atoms with Crippen molar-refractivity contribution in [3.05, 3.63) is 0 Å². The Morgan fingerprint density at radius 3 is 0.567 bits per heavy atom. The van der Waals surface area contributed by atoms with E-state index < -0.39 is 97.5 Å². The van der Waals surface area contributed by atoms with Crippen LogP contribution in [0.1, 0.15) is 464 Å². The van der Waals surface area contributed by atoms with Crippen LogP contribution in [0.25, 0.3) is 0 Å². The summed E-state index contributed by atoms with van der Waals surface area (Å²) in [4.78, 5) is 73.1. The maximum atomic E-state index is 13.1. The van der Waals surface area contributed by atoms with Gasteiger partial charge in [0.1, 0.15) is 19.3 Å². The zero-order valence-corrected chi connectivity index (χ0v) is 69.8. The molecule has 0 spiro atoms. The third-order valence-corrected chi connectivity index (χ3v) is 22.0. The van der Waals surface area contributed by atoms with Gasteiger partial charge in [0, 0.05) is 25.7 Å². The van der Waals surface area contributed by atoms with Crippen LogP contribution in [0, 0.1) is 0 Å². The Labute approximate surface area is 638 Å². The van der Waals surface area contributed by atoms with Gasteiger partial charge in [-0.3, -0.25) is 37.3 Å². The molecule has 0 aromatic rings. The molecule has 0 aliphatic heterocycles. The Kier molecular flexibility index (Phi) is 77.7. The number of ether oxygens (including phenoxy) is 4. The Bertz CT molecular complexity index is 1960. The van der Waals surface area contributed by atoms with Gasteiger partial charge in [-0.25, -0.2) is 9.13 Å². The Hall–Kier alpha value is -1.94. The zero-order chi connectivity index (χ0) is 76.0. The van der Waals surface area contributed by atoms with Crippen LogP contribution in [0.2, 0.25) is 0 Å². The second kappa shape index (κ2) is 79.2. The zero-order valence-electron chi connectivity index (χ0n) is 68.0. The number of esters is 4. The minimum Gasteiger partial charge on any atom is -0.462 e. The Morgan fingerprint density at radius 2 is 0.385 bits per heavy atom. The molecule has 0 aromatic carbocycles. The van der Waals surface area contributed by atoms with Gasteiger partial charge in [-0.15, -0.1) is 0 Å². The molecule has 19 heteroatoms. The van der Waals surface area contributed by atoms with Crippen molar-refractivity contribution in [1.29, 1.82) is 0 Å². The van der Waals surface area contributed by atoms with E-state index in [0.29, 0.717) is 25.7 Å². The summed E-state index contributed by atoms with van der Waals surface area (Å²) in [5.41, 5.74) is 0. The van der Waals surface area contributed by atoms with Crippen molar-refractivity contribution in [1.82, 2.24) is 0 Å². The highest BCUT2D eigenvalue weighted by Crippen LogP contribution is 2.45. The number of aliphatic hydroxyl groups is 1. The topological polar surface area (TPSA) is 237 Å². The minimum absolute atomic E-state index is 0.109. The summed E-state index contributed by atoms with van der Waals surface area (Å²) in [5.74, 6) is -2.10. The fourth-order valence-electron chi connectivity index (χ4n) is 13.3. The Morgan fingerprint density at radius 1 is 0.231 bits per heavy atom. The van der Waals surface area contributed by atoms with E-state index in [2.05, 4.69) is 27.7 Å². The number of hydrogen-bond acceptors (Lipinski definition) is 15. The molecular formula is C85H166O17P2. The molecule has 3 N–H and O–H groups in total. The van der Waals surface area contributed by atoms with Crippen LogP contribution in [0.15, 0.2) is 0 Å². The fraction of sp³-hybridized carbons (Fsp3) is 0.953. The lowest BCUT2D eigenvalue weighted by Gasteiger charge is -2.21. The molecule has 0 saturated heterocycles. The molecule has 0 heterocycles. The van der Waals surface area contributed by atoms with E-state index in [1.807, 2.05) is 0 Å². The molecule has 17 nitrogen and oxygen atoms in total. The smallest absolute Gasteiger partial charge is 0.462 e. The molecule has 0 radical (unpaired) electrons. The average Bonchev–Trinajstić information content (AvgIpc) is 0.921. The molecule has 104 heavy (non-hydrogen) atoms. The van der Waals surface area contributed by atoms with Crippen LogP contribution in [0.4, 0.5) is 0 Å². The van der Waals surface area contributed by atoms with Gasteiger partial charge in [0.2, 0.25) is 0 Å². The lowest BCUT2D eigenvalue weighted by atomic mass is 10.0. The molecule has 5 atom stereocenters. The van der Waals surface area contributed by atoms with Crippen LogP contribution in [0.3, 0.4) is 0 Å². The summed E-state index contributed by atoms with van der Waals surface area (Å²) >= 11 is 0. The van der Waals surface area contributed by atoms with Crippen molar-refractivity contribution >= 4 is 39.5 Å². The quantitative estimate of drug-likeness (QED) is 0.0222. The van der Waals surface area contributed by atoms with E-state index in [4.69, 9.17) is 37.0 Å². The van der Waals surface area contributed by atoms with Crippen LogP contribution >= 0.6 is 15.6 Å². The van der Waals surface area contributed by atoms with E-state index >= 15 is 0 Å². The van der Waals surface area contributed by atoms with Gasteiger partial charge in [0.05, 0.1) is 26.4 Å². The van der Waals surface area contributed by atoms with Crippen LogP contribution in [-0.4, -0.2) is 96.7 Å². The number of carbonyl (C=O) groups excluding carboxylic acids is 4. The van der Waals surface area contributed by atoms with Crippen LogP contribution in [-0.2, 0) is 65.4 Å². The number of phosphoric ester groups is 2. The van der Waals surface area contributed by atoms with Gasteiger partial charge in [-0.2, -0.15) is 0 Å². The molecule has 0 amide bonds. The summed E-state index contributed by atoms with van der Waals surface area (Å²) in [7, 11) is -9.92. The predicted molar refractivity (Wildman–Crippen MR) is 428 cm³/mol. The van der Waals surface area contributed by atoms with E-state index in [0.717, 1.165) is 89.9 Å². The molecule has 0 bridgehead atoms. The summed E-state index contributed by atoms with van der Waals surface area (Å²) in [6, 6.07) is 0. The number of phosphoric acid groups is 2. The fourth-order valence-corrected chi connectivity index (χ4v) is 14.9. The SMILES string of the molecule is CCCCCCCCCCCCCCCCCCCCCCCC(=O)O[C@H](COC(=O)CCCCCCCCCCCCCCCCCCCCC)COP(=O)(O)OC[C@@H](O)COP(=O)(O)OC[C@@H](COC(=O)CCCCCCCCCCC)OC(=O)CCCCCCCCCCCCCCCCC. The van der Waals surface area contributed by atoms with E-state index in [1.165, 1.54) is 295 Å². The first-order valence-corrected chi connectivity index (χ1v) is 47.3. The molecule has 0 aliphatic rings. The second-order valence-electron chi connectivity index (χ2n) is 30.6. The first kappa shape index (κ1) is 102. The predicted octanol–water partition coefficient (Wildman–Crippen LogP) is 26.1. The maximum absolute atomic E-state index is 13.1.